The summed E-state index contributed by atoms with van der Waals surface area (Å²) in [6.45, 7) is -1.60. The lowest BCUT2D eigenvalue weighted by atomic mass is 10.1. The van der Waals surface area contributed by atoms with Gasteiger partial charge in [0.1, 0.15) is 22.9 Å². The molecule has 4 nitrogen and oxygen atoms in total. The predicted octanol–water partition coefficient (Wildman–Crippen LogP) is 2.14. The summed E-state index contributed by atoms with van der Waals surface area (Å²) in [6.07, 6.45) is 5.64. The molecule has 5 rings (SSSR count). The lowest BCUT2D eigenvalue weighted by Gasteiger charge is -1.93. The number of aromatic nitrogens is 4. The standard InChI is InChI=1S/C16H13N4/c1-18-13-4-2-3-5-14(13)20-10-15-12-6-7-17-8-11(12)9-19(15)16(18)20/h2-8,10H,9H2,1H3/q+1/i1D3. The van der Waals surface area contributed by atoms with Gasteiger partial charge in [0.05, 0.1) is 17.6 Å². The summed E-state index contributed by atoms with van der Waals surface area (Å²) in [5.41, 5.74) is 4.88. The number of rotatable bonds is 0. The van der Waals surface area contributed by atoms with E-state index in [0.717, 1.165) is 22.3 Å². The van der Waals surface area contributed by atoms with E-state index in [0.29, 0.717) is 17.8 Å². The van der Waals surface area contributed by atoms with Crippen LogP contribution < -0.4 is 4.57 Å². The van der Waals surface area contributed by atoms with Crippen LogP contribution in [-0.4, -0.2) is 14.0 Å². The molecule has 0 saturated carbocycles. The normalized spacial score (nSPS) is 15.9. The van der Waals surface area contributed by atoms with Crippen molar-refractivity contribution in [1.82, 2.24) is 14.0 Å². The van der Waals surface area contributed by atoms with Gasteiger partial charge in [0.2, 0.25) is 0 Å². The van der Waals surface area contributed by atoms with Crippen molar-refractivity contribution in [3.05, 3.63) is 54.5 Å². The lowest BCUT2D eigenvalue weighted by molar-refractivity contribution is -0.621. The van der Waals surface area contributed by atoms with E-state index in [-0.39, 0.29) is 0 Å². The van der Waals surface area contributed by atoms with Crippen LogP contribution in [0.3, 0.4) is 0 Å². The first-order chi connectivity index (χ1) is 11.1. The molecule has 0 N–H and O–H groups in total. The molecule has 0 fully saturated rings. The number of benzene rings is 1. The Bertz CT molecular complexity index is 1090. The Labute approximate surface area is 119 Å². The van der Waals surface area contributed by atoms with Crippen LogP contribution in [0.5, 0.6) is 0 Å². The fraction of sp³-hybridized carbons (Fsp3) is 0.125. The van der Waals surface area contributed by atoms with Crippen molar-refractivity contribution in [2.45, 2.75) is 6.54 Å². The number of nitrogens with zero attached hydrogens (tertiary/aromatic N) is 4. The Hall–Kier alpha value is -2.62. The van der Waals surface area contributed by atoms with E-state index in [2.05, 4.69) is 9.55 Å². The van der Waals surface area contributed by atoms with Crippen molar-refractivity contribution in [3.8, 4) is 11.3 Å². The maximum atomic E-state index is 7.97. The Balaban J connectivity index is 1.97. The van der Waals surface area contributed by atoms with Crippen molar-refractivity contribution in [2.75, 3.05) is 0 Å². The molecule has 0 bridgehead atoms. The van der Waals surface area contributed by atoms with Gasteiger partial charge in [0, 0.05) is 23.5 Å². The first-order valence-electron chi connectivity index (χ1n) is 8.04. The van der Waals surface area contributed by atoms with E-state index < -0.39 is 6.98 Å². The fourth-order valence-electron chi connectivity index (χ4n) is 3.20. The van der Waals surface area contributed by atoms with Gasteiger partial charge in [-0.3, -0.25) is 4.98 Å². The first-order valence-corrected chi connectivity index (χ1v) is 6.54. The molecule has 0 saturated heterocycles. The number of aryl methyl sites for hydroxylation is 1. The van der Waals surface area contributed by atoms with Crippen molar-refractivity contribution in [2.24, 2.45) is 6.98 Å². The second-order valence-corrected chi connectivity index (χ2v) is 5.13. The van der Waals surface area contributed by atoms with Gasteiger partial charge in [0.15, 0.2) is 0 Å². The van der Waals surface area contributed by atoms with Gasteiger partial charge >= 0.3 is 5.78 Å². The summed E-state index contributed by atoms with van der Waals surface area (Å²) in [7, 11) is 0. The number of fused-ring (bicyclic) bond motifs is 7. The zero-order valence-corrected chi connectivity index (χ0v) is 10.6. The van der Waals surface area contributed by atoms with Crippen LogP contribution in [-0.2, 0) is 13.5 Å². The molecule has 96 valence electrons. The van der Waals surface area contributed by atoms with Crippen molar-refractivity contribution in [3.63, 3.8) is 0 Å². The van der Waals surface area contributed by atoms with Gasteiger partial charge in [0.25, 0.3) is 0 Å². The minimum absolute atomic E-state index is 0.640. The molecule has 1 aliphatic heterocycles. The third kappa shape index (κ3) is 1.04. The molecule has 0 atom stereocenters. The molecular weight excluding hydrogens is 248 g/mol. The highest BCUT2D eigenvalue weighted by molar-refractivity contribution is 5.78. The highest BCUT2D eigenvalue weighted by Gasteiger charge is 2.30. The highest BCUT2D eigenvalue weighted by Crippen LogP contribution is 2.33. The maximum Gasteiger partial charge on any atom is 0.370 e. The molecule has 20 heavy (non-hydrogen) atoms. The number of hydrogen-bond donors (Lipinski definition) is 0. The molecular formula is C16H13N4+. The van der Waals surface area contributed by atoms with E-state index in [1.54, 1.807) is 6.20 Å². The van der Waals surface area contributed by atoms with E-state index >= 15 is 0 Å². The Kier molecular flexibility index (Phi) is 1.29. The summed E-state index contributed by atoms with van der Waals surface area (Å²) < 4.78 is 29.4. The average molecular weight is 264 g/mol. The Morgan fingerprint density at radius 1 is 1.30 bits per heavy atom. The summed E-state index contributed by atoms with van der Waals surface area (Å²) in [6, 6.07) is 9.58. The third-order valence-electron chi connectivity index (χ3n) is 4.09. The molecule has 1 aromatic carbocycles. The second kappa shape index (κ2) is 3.28. The fourth-order valence-corrected chi connectivity index (χ4v) is 3.20. The van der Waals surface area contributed by atoms with Crippen LogP contribution in [0.1, 0.15) is 9.68 Å². The van der Waals surface area contributed by atoms with Crippen LogP contribution in [0, 0.1) is 0 Å². The summed E-state index contributed by atoms with van der Waals surface area (Å²) in [5.74, 6) is 0.678. The molecule has 0 amide bonds. The SMILES string of the molecule is [2H]C([2H])([2H])[n+]1c2ccccc2n2cc3n(c21)Cc1cnccc1-3. The zero-order chi connectivity index (χ0) is 15.8. The van der Waals surface area contributed by atoms with Crippen LogP contribution >= 0.6 is 0 Å². The minimum atomic E-state index is -2.24. The molecule has 4 aromatic rings. The maximum absolute atomic E-state index is 7.97. The van der Waals surface area contributed by atoms with Crippen molar-refractivity contribution in [1.29, 1.82) is 0 Å². The zero-order valence-electron chi connectivity index (χ0n) is 13.6. The molecule has 4 heterocycles. The number of para-hydroxylation sites is 2. The summed E-state index contributed by atoms with van der Waals surface area (Å²) >= 11 is 0. The average Bonchev–Trinajstić information content (AvgIpc) is 3.13. The molecule has 4 heteroatoms. The molecule has 0 aliphatic carbocycles. The van der Waals surface area contributed by atoms with Gasteiger partial charge in [-0.05, 0) is 18.2 Å². The topological polar surface area (TPSA) is 26.1 Å². The van der Waals surface area contributed by atoms with E-state index in [1.807, 2.05) is 47.1 Å². The number of imidazole rings is 2. The van der Waals surface area contributed by atoms with E-state index in [4.69, 9.17) is 4.11 Å². The van der Waals surface area contributed by atoms with E-state index in [1.165, 1.54) is 4.57 Å². The third-order valence-corrected chi connectivity index (χ3v) is 4.09. The van der Waals surface area contributed by atoms with Crippen molar-refractivity contribution >= 4 is 16.8 Å². The van der Waals surface area contributed by atoms with Crippen molar-refractivity contribution < 1.29 is 8.68 Å². The largest absolute Gasteiger partial charge is 0.370 e. The lowest BCUT2D eigenvalue weighted by Crippen LogP contribution is -2.29. The number of hydrogen-bond acceptors (Lipinski definition) is 1. The molecule has 0 spiro atoms. The van der Waals surface area contributed by atoms with Gasteiger partial charge < -0.3 is 0 Å². The molecule has 0 radical (unpaired) electrons. The minimum Gasteiger partial charge on any atom is -0.264 e. The van der Waals surface area contributed by atoms with Crippen LogP contribution in [0.4, 0.5) is 0 Å². The van der Waals surface area contributed by atoms with Gasteiger partial charge in [-0.2, -0.15) is 4.40 Å². The molecule has 3 aromatic heterocycles. The van der Waals surface area contributed by atoms with Crippen LogP contribution in [0.25, 0.3) is 28.1 Å². The van der Waals surface area contributed by atoms with Crippen LogP contribution in [0.15, 0.2) is 48.9 Å². The van der Waals surface area contributed by atoms with Crippen LogP contribution in [0.2, 0.25) is 0 Å². The Morgan fingerprint density at radius 3 is 3.20 bits per heavy atom. The molecule has 0 unspecified atom stereocenters. The van der Waals surface area contributed by atoms with Gasteiger partial charge in [-0.15, -0.1) is 0 Å². The quantitative estimate of drug-likeness (QED) is 0.394. The smallest absolute Gasteiger partial charge is 0.264 e. The van der Waals surface area contributed by atoms with Gasteiger partial charge in [-0.1, -0.05) is 12.1 Å². The summed E-state index contributed by atoms with van der Waals surface area (Å²) in [4.78, 5) is 4.17. The summed E-state index contributed by atoms with van der Waals surface area (Å²) in [5, 5.41) is 0. The highest BCUT2D eigenvalue weighted by atomic mass is 15.3. The first kappa shape index (κ1) is 7.85. The van der Waals surface area contributed by atoms with Gasteiger partial charge in [-0.25, -0.2) is 9.13 Å². The van der Waals surface area contributed by atoms with E-state index in [9.17, 15) is 0 Å². The Morgan fingerprint density at radius 2 is 2.25 bits per heavy atom. The second-order valence-electron chi connectivity index (χ2n) is 5.13. The monoisotopic (exact) mass is 264 g/mol. The molecule has 1 aliphatic rings. The number of pyridine rings is 1. The predicted molar refractivity (Wildman–Crippen MR) is 76.4 cm³/mol.